The number of rotatable bonds is 8. The van der Waals surface area contributed by atoms with E-state index in [9.17, 15) is 20.4 Å². The molecule has 0 amide bonds. The van der Waals surface area contributed by atoms with Gasteiger partial charge in [0.25, 0.3) is 0 Å². The molecule has 0 aliphatic carbocycles. The van der Waals surface area contributed by atoms with Gasteiger partial charge in [-0.05, 0) is 173 Å². The minimum atomic E-state index is -2.84. The molecule has 0 bridgehead atoms. The lowest BCUT2D eigenvalue weighted by molar-refractivity contribution is 0.474. The molecule has 5 heteroatoms. The van der Waals surface area contributed by atoms with Crippen LogP contribution in [0.5, 0.6) is 23.0 Å². The maximum absolute atomic E-state index is 11.5. The van der Waals surface area contributed by atoms with Crippen LogP contribution in [0.1, 0.15) is 44.5 Å². The van der Waals surface area contributed by atoms with Gasteiger partial charge in [0, 0.05) is 19.6 Å². The Morgan fingerprint density at radius 3 is 0.607 bits per heavy atom. The van der Waals surface area contributed by atoms with E-state index in [2.05, 4.69) is 152 Å². The molecule has 0 radical (unpaired) electrons. The summed E-state index contributed by atoms with van der Waals surface area (Å²) in [4.78, 5) is 3.77. The zero-order valence-corrected chi connectivity index (χ0v) is 36.9. The molecule has 4 N–H and O–H groups in total. The first-order chi connectivity index (χ1) is 29.1. The van der Waals surface area contributed by atoms with Crippen LogP contribution in [-0.4, -0.2) is 20.4 Å². The van der Waals surface area contributed by atoms with Crippen molar-refractivity contribution >= 4 is 10.0 Å². The van der Waals surface area contributed by atoms with Gasteiger partial charge in [-0.15, -0.1) is 10.0 Å². The van der Waals surface area contributed by atoms with Gasteiger partial charge in [-0.2, -0.15) is 0 Å². The van der Waals surface area contributed by atoms with Crippen LogP contribution in [0.4, 0.5) is 0 Å². The molecule has 0 heterocycles. The summed E-state index contributed by atoms with van der Waals surface area (Å²) in [5, 5.41) is 46.1. The summed E-state index contributed by atoms with van der Waals surface area (Å²) < 4.78 is 0. The van der Waals surface area contributed by atoms with E-state index in [1.165, 1.54) is 0 Å². The highest BCUT2D eigenvalue weighted by molar-refractivity contribution is 8.34. The lowest BCUT2D eigenvalue weighted by atomic mass is 10.00. The molecule has 0 spiro atoms. The Hall–Kier alpha value is -6.69. The lowest BCUT2D eigenvalue weighted by Crippen LogP contribution is -2.11. The van der Waals surface area contributed by atoms with Crippen LogP contribution >= 0.6 is 10.0 Å². The Kier molecular flexibility index (Phi) is 10.8. The first kappa shape index (κ1) is 41.1. The molecule has 0 saturated carbocycles. The Balaban J connectivity index is 1.71. The minimum absolute atomic E-state index is 0.131. The van der Waals surface area contributed by atoms with Crippen molar-refractivity contribution in [3.63, 3.8) is 0 Å². The summed E-state index contributed by atoms with van der Waals surface area (Å²) >= 11 is 0. The standard InChI is InChI=1S/C56H52O4S/c1-33-17-34(2)22-41(21-33)49-29-45(57)9-13-53(49)61(54-14-10-46(58)30-50(54)42-23-35(3)18-36(4)24-42,55-15-11-47(59)31-51(55)43-25-37(5)19-38(6)26-43)56-16-12-48(60)32-52(56)44-27-39(7)20-40(8)28-44/h9-32,57-60H,1-8H3. The third-order valence-corrected chi connectivity index (χ3v) is 15.4. The zero-order chi connectivity index (χ0) is 43.3. The molecule has 0 aliphatic heterocycles. The van der Waals surface area contributed by atoms with Gasteiger partial charge in [-0.25, -0.2) is 0 Å². The molecule has 61 heavy (non-hydrogen) atoms. The first-order valence-corrected chi connectivity index (χ1v) is 22.2. The summed E-state index contributed by atoms with van der Waals surface area (Å²) in [6.07, 6.45) is 0. The third kappa shape index (κ3) is 7.90. The fourth-order valence-corrected chi connectivity index (χ4v) is 13.8. The van der Waals surface area contributed by atoms with Gasteiger partial charge in [0.05, 0.1) is 0 Å². The van der Waals surface area contributed by atoms with Crippen molar-refractivity contribution in [2.75, 3.05) is 0 Å². The van der Waals surface area contributed by atoms with E-state index in [1.54, 1.807) is 24.3 Å². The predicted molar refractivity (Wildman–Crippen MR) is 253 cm³/mol. The molecule has 8 rings (SSSR count). The fourth-order valence-electron chi connectivity index (χ4n) is 9.27. The number of hydrogen-bond acceptors (Lipinski definition) is 4. The van der Waals surface area contributed by atoms with Gasteiger partial charge >= 0.3 is 0 Å². The maximum atomic E-state index is 11.5. The second-order valence-electron chi connectivity index (χ2n) is 16.8. The number of hydrogen-bond donors (Lipinski definition) is 4. The van der Waals surface area contributed by atoms with E-state index in [0.29, 0.717) is 0 Å². The molecule has 8 aromatic rings. The smallest absolute Gasteiger partial charge is 0.116 e. The molecule has 306 valence electrons. The molecular formula is C56H52O4S. The molecule has 0 fully saturated rings. The Morgan fingerprint density at radius 1 is 0.246 bits per heavy atom. The van der Waals surface area contributed by atoms with Gasteiger partial charge in [0.2, 0.25) is 0 Å². The molecule has 0 aliphatic rings. The maximum Gasteiger partial charge on any atom is 0.116 e. The summed E-state index contributed by atoms with van der Waals surface area (Å²) in [6, 6.07) is 48.8. The molecule has 0 aromatic heterocycles. The summed E-state index contributed by atoms with van der Waals surface area (Å²) in [6.45, 7) is 16.7. The van der Waals surface area contributed by atoms with Crippen molar-refractivity contribution in [2.45, 2.75) is 75.0 Å². The second kappa shape index (κ2) is 16.1. The first-order valence-electron chi connectivity index (χ1n) is 20.6. The highest BCUT2D eigenvalue weighted by Crippen LogP contribution is 2.79. The van der Waals surface area contributed by atoms with Crippen LogP contribution in [0, 0.1) is 55.4 Å². The van der Waals surface area contributed by atoms with Gasteiger partial charge in [-0.1, -0.05) is 117 Å². The molecule has 0 atom stereocenters. The number of aryl methyl sites for hydroxylation is 8. The summed E-state index contributed by atoms with van der Waals surface area (Å²) in [7, 11) is -2.84. The number of phenolic OH excluding ortho intramolecular Hbond substituents is 4. The second-order valence-corrected chi connectivity index (χ2v) is 19.8. The quantitative estimate of drug-likeness (QED) is 0.123. The highest BCUT2D eigenvalue weighted by atomic mass is 32.3. The van der Waals surface area contributed by atoms with Gasteiger partial charge in [-0.3, -0.25) is 0 Å². The van der Waals surface area contributed by atoms with Crippen LogP contribution in [-0.2, 0) is 0 Å². The van der Waals surface area contributed by atoms with Crippen molar-refractivity contribution in [1.29, 1.82) is 0 Å². The number of benzene rings is 8. The van der Waals surface area contributed by atoms with Crippen molar-refractivity contribution in [2.24, 2.45) is 0 Å². The number of aromatic hydroxyl groups is 4. The third-order valence-electron chi connectivity index (χ3n) is 11.3. The van der Waals surface area contributed by atoms with E-state index in [-0.39, 0.29) is 23.0 Å². The van der Waals surface area contributed by atoms with Crippen LogP contribution in [0.25, 0.3) is 44.5 Å². The van der Waals surface area contributed by atoms with Crippen molar-refractivity contribution < 1.29 is 20.4 Å². The Bertz CT molecular complexity index is 2520. The normalized spacial score (nSPS) is 11.8. The Morgan fingerprint density at radius 2 is 0.426 bits per heavy atom. The van der Waals surface area contributed by atoms with Gasteiger partial charge in [0.15, 0.2) is 0 Å². The molecule has 8 aromatic carbocycles. The fraction of sp³-hybridized carbons (Fsp3) is 0.143. The summed E-state index contributed by atoms with van der Waals surface area (Å²) in [5.74, 6) is 0.526. The van der Waals surface area contributed by atoms with Crippen LogP contribution in [0.15, 0.2) is 165 Å². The molecular weight excluding hydrogens is 769 g/mol. The lowest BCUT2D eigenvalue weighted by Gasteiger charge is -2.46. The molecule has 4 nitrogen and oxygen atoms in total. The van der Waals surface area contributed by atoms with Crippen molar-refractivity contribution in [1.82, 2.24) is 0 Å². The number of phenols is 4. The molecule has 0 saturated heterocycles. The van der Waals surface area contributed by atoms with E-state index in [1.807, 2.05) is 24.3 Å². The average Bonchev–Trinajstić information content (AvgIpc) is 3.18. The van der Waals surface area contributed by atoms with Crippen LogP contribution in [0.2, 0.25) is 0 Å². The minimum Gasteiger partial charge on any atom is -0.508 e. The largest absolute Gasteiger partial charge is 0.508 e. The van der Waals surface area contributed by atoms with Crippen molar-refractivity contribution in [3.05, 3.63) is 190 Å². The van der Waals surface area contributed by atoms with E-state index in [0.717, 1.165) is 109 Å². The summed E-state index contributed by atoms with van der Waals surface area (Å²) in [5.41, 5.74) is 15.9. The molecule has 0 unspecified atom stereocenters. The monoisotopic (exact) mass is 820 g/mol. The van der Waals surface area contributed by atoms with E-state index < -0.39 is 10.0 Å². The van der Waals surface area contributed by atoms with Gasteiger partial charge < -0.3 is 20.4 Å². The SMILES string of the molecule is Cc1cc(C)cc(-c2cc(O)ccc2S(c2ccc(O)cc2-c2cc(C)cc(C)c2)(c2ccc(O)cc2-c2cc(C)cc(C)c2)c2ccc(O)cc2-c2cc(C)cc(C)c2)c1. The predicted octanol–water partition coefficient (Wildman–Crippen LogP) is 15.0. The topological polar surface area (TPSA) is 80.9 Å². The van der Waals surface area contributed by atoms with E-state index >= 15 is 0 Å². The highest BCUT2D eigenvalue weighted by Gasteiger charge is 2.41. The van der Waals surface area contributed by atoms with E-state index in [4.69, 9.17) is 0 Å². The Labute approximate surface area is 361 Å². The van der Waals surface area contributed by atoms with Gasteiger partial charge in [0.1, 0.15) is 23.0 Å². The average molecular weight is 821 g/mol. The van der Waals surface area contributed by atoms with Crippen LogP contribution < -0.4 is 0 Å². The van der Waals surface area contributed by atoms with Crippen LogP contribution in [0.3, 0.4) is 0 Å². The zero-order valence-electron chi connectivity index (χ0n) is 36.1. The van der Waals surface area contributed by atoms with Crippen molar-refractivity contribution in [3.8, 4) is 67.5 Å².